The molecular weight excluding hydrogens is 344 g/mol. The molecule has 1 atom stereocenters. The van der Waals surface area contributed by atoms with Crippen LogP contribution in [0.5, 0.6) is 5.75 Å². The second-order valence-corrected chi connectivity index (χ2v) is 8.13. The van der Waals surface area contributed by atoms with Gasteiger partial charge >= 0.3 is 0 Å². The first-order valence-corrected chi connectivity index (χ1v) is 10.4. The van der Waals surface area contributed by atoms with Crippen molar-refractivity contribution >= 4 is 17.2 Å². The number of benzene rings is 1. The lowest BCUT2D eigenvalue weighted by atomic mass is 9.93. The summed E-state index contributed by atoms with van der Waals surface area (Å²) in [6.45, 7) is 5.44. The van der Waals surface area contributed by atoms with Gasteiger partial charge in [-0.3, -0.25) is 4.79 Å². The first-order chi connectivity index (χ1) is 12.7. The quantitative estimate of drug-likeness (QED) is 0.838. The molecule has 1 aliphatic heterocycles. The van der Waals surface area contributed by atoms with E-state index in [4.69, 9.17) is 4.74 Å². The van der Waals surface area contributed by atoms with Crippen molar-refractivity contribution in [2.75, 3.05) is 19.7 Å². The van der Waals surface area contributed by atoms with Crippen molar-refractivity contribution in [3.63, 3.8) is 0 Å². The molecule has 1 aromatic heterocycles. The highest BCUT2D eigenvalue weighted by Gasteiger charge is 2.57. The first-order valence-electron chi connectivity index (χ1n) is 9.47. The van der Waals surface area contributed by atoms with Crippen molar-refractivity contribution in [2.24, 2.45) is 5.41 Å². The first kappa shape index (κ1) is 17.6. The molecule has 1 aromatic carbocycles. The predicted molar refractivity (Wildman–Crippen MR) is 105 cm³/mol. The molecule has 138 valence electrons. The molecule has 5 heteroatoms. The van der Waals surface area contributed by atoms with Crippen molar-refractivity contribution in [2.45, 2.75) is 38.8 Å². The maximum absolute atomic E-state index is 13.3. The fourth-order valence-corrected chi connectivity index (χ4v) is 4.82. The van der Waals surface area contributed by atoms with Gasteiger partial charge in [-0.25, -0.2) is 0 Å². The van der Waals surface area contributed by atoms with Crippen LogP contribution >= 0.6 is 11.3 Å². The minimum absolute atomic E-state index is 0.139. The van der Waals surface area contributed by atoms with Gasteiger partial charge in [-0.1, -0.05) is 0 Å². The zero-order valence-corrected chi connectivity index (χ0v) is 16.1. The standard InChI is InChI=1S/C21H26N2O2S/c1-2-25-18-5-3-17(4-6-18)20(24)23(14-16-7-12-26-15-16)19-13-21(19)8-10-22-11-9-21/h3-7,12,15,19,22H,2,8-11,13-14H2,1H3. The normalized spacial score (nSPS) is 20.7. The second kappa shape index (κ2) is 7.41. The Morgan fingerprint density at radius 2 is 2.04 bits per heavy atom. The van der Waals surface area contributed by atoms with E-state index >= 15 is 0 Å². The Morgan fingerprint density at radius 3 is 2.69 bits per heavy atom. The number of nitrogens with one attached hydrogen (secondary N) is 1. The minimum atomic E-state index is 0.139. The van der Waals surface area contributed by atoms with E-state index in [1.165, 1.54) is 18.4 Å². The maximum atomic E-state index is 13.3. The Balaban J connectivity index is 1.55. The molecule has 4 nitrogen and oxygen atoms in total. The van der Waals surface area contributed by atoms with Crippen LogP contribution in [0.3, 0.4) is 0 Å². The van der Waals surface area contributed by atoms with Crippen molar-refractivity contribution in [3.05, 3.63) is 52.2 Å². The van der Waals surface area contributed by atoms with Gasteiger partial charge in [0.1, 0.15) is 5.75 Å². The van der Waals surface area contributed by atoms with Gasteiger partial charge in [-0.2, -0.15) is 11.3 Å². The van der Waals surface area contributed by atoms with Crippen LogP contribution in [0.4, 0.5) is 0 Å². The Labute approximate surface area is 159 Å². The summed E-state index contributed by atoms with van der Waals surface area (Å²) in [6, 6.07) is 10.1. The third kappa shape index (κ3) is 3.51. The maximum Gasteiger partial charge on any atom is 0.254 e. The van der Waals surface area contributed by atoms with Crippen LogP contribution in [-0.4, -0.2) is 36.5 Å². The van der Waals surface area contributed by atoms with E-state index in [9.17, 15) is 4.79 Å². The lowest BCUT2D eigenvalue weighted by Crippen LogP contribution is -2.39. The van der Waals surface area contributed by atoms with Gasteiger partial charge in [0.2, 0.25) is 0 Å². The molecule has 26 heavy (non-hydrogen) atoms. The molecule has 4 rings (SSSR count). The Kier molecular flexibility index (Phi) is 5.00. The highest BCUT2D eigenvalue weighted by atomic mass is 32.1. The minimum Gasteiger partial charge on any atom is -0.494 e. The lowest BCUT2D eigenvalue weighted by Gasteiger charge is -2.29. The Morgan fingerprint density at radius 1 is 1.27 bits per heavy atom. The van der Waals surface area contributed by atoms with Crippen molar-refractivity contribution in [1.82, 2.24) is 10.2 Å². The number of nitrogens with zero attached hydrogens (tertiary/aromatic N) is 1. The zero-order valence-electron chi connectivity index (χ0n) is 15.2. The van der Waals surface area contributed by atoms with Crippen LogP contribution in [0.1, 0.15) is 42.1 Å². The van der Waals surface area contributed by atoms with E-state index in [2.05, 4.69) is 27.0 Å². The number of hydrogen-bond donors (Lipinski definition) is 1. The smallest absolute Gasteiger partial charge is 0.254 e. The molecule has 1 unspecified atom stereocenters. The summed E-state index contributed by atoms with van der Waals surface area (Å²) in [5.41, 5.74) is 2.31. The fourth-order valence-electron chi connectivity index (χ4n) is 4.16. The third-order valence-corrected chi connectivity index (χ3v) is 6.46. The van der Waals surface area contributed by atoms with Gasteiger partial charge in [0.15, 0.2) is 0 Å². The van der Waals surface area contributed by atoms with E-state index in [0.29, 0.717) is 24.6 Å². The number of carbonyl (C=O) groups excluding carboxylic acids is 1. The number of thiophene rings is 1. The van der Waals surface area contributed by atoms with E-state index in [0.717, 1.165) is 30.8 Å². The van der Waals surface area contributed by atoms with E-state index in [1.807, 2.05) is 31.2 Å². The number of piperidine rings is 1. The zero-order chi connectivity index (χ0) is 18.0. The van der Waals surface area contributed by atoms with Crippen LogP contribution in [0.25, 0.3) is 0 Å². The summed E-state index contributed by atoms with van der Waals surface area (Å²) in [5.74, 6) is 0.953. The summed E-state index contributed by atoms with van der Waals surface area (Å²) in [7, 11) is 0. The lowest BCUT2D eigenvalue weighted by molar-refractivity contribution is 0.0692. The molecule has 2 aromatic rings. The number of ether oxygens (including phenoxy) is 1. The van der Waals surface area contributed by atoms with Crippen LogP contribution in [0.15, 0.2) is 41.1 Å². The van der Waals surface area contributed by atoms with Crippen molar-refractivity contribution < 1.29 is 9.53 Å². The fraction of sp³-hybridized carbons (Fsp3) is 0.476. The molecule has 2 heterocycles. The molecule has 1 saturated heterocycles. The predicted octanol–water partition coefficient (Wildman–Crippen LogP) is 3.93. The van der Waals surface area contributed by atoms with Crippen molar-refractivity contribution in [3.8, 4) is 5.75 Å². The Hall–Kier alpha value is -1.85. The van der Waals surface area contributed by atoms with E-state index in [1.54, 1.807) is 11.3 Å². The average Bonchev–Trinajstić information content (AvgIpc) is 3.10. The highest BCUT2D eigenvalue weighted by Crippen LogP contribution is 2.56. The molecule has 1 N–H and O–H groups in total. The summed E-state index contributed by atoms with van der Waals surface area (Å²) in [5, 5.41) is 7.68. The van der Waals surface area contributed by atoms with Crippen LogP contribution < -0.4 is 10.1 Å². The van der Waals surface area contributed by atoms with Crippen molar-refractivity contribution in [1.29, 1.82) is 0 Å². The molecule has 1 saturated carbocycles. The van der Waals surface area contributed by atoms with E-state index < -0.39 is 0 Å². The van der Waals surface area contributed by atoms with Gasteiger partial charge in [0.05, 0.1) is 6.61 Å². The van der Waals surface area contributed by atoms with Gasteiger partial charge in [0, 0.05) is 18.2 Å². The number of rotatable bonds is 6. The van der Waals surface area contributed by atoms with Crippen LogP contribution in [0.2, 0.25) is 0 Å². The van der Waals surface area contributed by atoms with Gasteiger partial charge in [0.25, 0.3) is 5.91 Å². The summed E-state index contributed by atoms with van der Waals surface area (Å²) >= 11 is 1.69. The number of carbonyl (C=O) groups is 1. The Bertz CT molecular complexity index is 736. The molecule has 2 aliphatic rings. The largest absolute Gasteiger partial charge is 0.494 e. The van der Waals surface area contributed by atoms with Gasteiger partial charge in [-0.05, 0) is 91.3 Å². The van der Waals surface area contributed by atoms with Gasteiger partial charge in [-0.15, -0.1) is 0 Å². The van der Waals surface area contributed by atoms with E-state index in [-0.39, 0.29) is 5.91 Å². The monoisotopic (exact) mass is 370 g/mol. The highest BCUT2D eigenvalue weighted by molar-refractivity contribution is 7.07. The molecule has 1 spiro atoms. The topological polar surface area (TPSA) is 41.6 Å². The van der Waals surface area contributed by atoms with Crippen LogP contribution in [-0.2, 0) is 6.54 Å². The second-order valence-electron chi connectivity index (χ2n) is 7.35. The third-order valence-electron chi connectivity index (χ3n) is 5.73. The average molecular weight is 371 g/mol. The molecule has 2 fully saturated rings. The summed E-state index contributed by atoms with van der Waals surface area (Å²) in [6.07, 6.45) is 3.49. The molecule has 1 aliphatic carbocycles. The summed E-state index contributed by atoms with van der Waals surface area (Å²) in [4.78, 5) is 15.4. The molecule has 0 bridgehead atoms. The number of hydrogen-bond acceptors (Lipinski definition) is 4. The SMILES string of the molecule is CCOc1ccc(C(=O)N(Cc2ccsc2)C2CC23CCNCC3)cc1. The molecule has 1 amide bonds. The number of amides is 1. The summed E-state index contributed by atoms with van der Waals surface area (Å²) < 4.78 is 5.51. The molecular formula is C21H26N2O2S. The van der Waals surface area contributed by atoms with Crippen LogP contribution in [0, 0.1) is 5.41 Å². The molecule has 0 radical (unpaired) electrons. The van der Waals surface area contributed by atoms with Gasteiger partial charge < -0.3 is 15.0 Å².